The molecular weight excluding hydrogens is 282 g/mol. The highest BCUT2D eigenvalue weighted by atomic mass is 16.2. The maximum atomic E-state index is 12.8. The highest BCUT2D eigenvalue weighted by molar-refractivity contribution is 5.71. The van der Waals surface area contributed by atoms with E-state index < -0.39 is 0 Å². The number of nitrogens with zero attached hydrogens (tertiary/aromatic N) is 4. The zero-order chi connectivity index (χ0) is 16.6. The maximum Gasteiger partial charge on any atom is 0.332 e. The lowest BCUT2D eigenvalue weighted by Crippen LogP contribution is -2.41. The molecule has 0 aliphatic rings. The van der Waals surface area contributed by atoms with Crippen molar-refractivity contribution in [3.8, 4) is 0 Å². The number of imidazole rings is 1. The number of nitrogens with two attached hydrogens (primary N) is 1. The summed E-state index contributed by atoms with van der Waals surface area (Å²) in [5.74, 6) is 0.785. The number of rotatable bonds is 5. The summed E-state index contributed by atoms with van der Waals surface area (Å²) < 4.78 is 4.75. The quantitative estimate of drug-likeness (QED) is 0.894. The highest BCUT2D eigenvalue weighted by Crippen LogP contribution is 2.19. The van der Waals surface area contributed by atoms with E-state index in [1.807, 2.05) is 32.3 Å². The minimum Gasteiger partial charge on any atom is -0.328 e. The van der Waals surface area contributed by atoms with Crippen molar-refractivity contribution in [2.75, 3.05) is 6.54 Å². The lowest BCUT2D eigenvalue weighted by atomic mass is 10.3. The molecule has 2 rings (SSSR count). The van der Waals surface area contributed by atoms with Crippen molar-refractivity contribution in [1.82, 2.24) is 18.7 Å². The second-order valence-corrected chi connectivity index (χ2v) is 5.80. The van der Waals surface area contributed by atoms with E-state index in [9.17, 15) is 9.59 Å². The van der Waals surface area contributed by atoms with Crippen LogP contribution < -0.4 is 17.0 Å². The zero-order valence-corrected chi connectivity index (χ0v) is 14.0. The monoisotopic (exact) mass is 307 g/mol. The molecule has 0 amide bonds. The third-order valence-corrected chi connectivity index (χ3v) is 4.01. The smallest absolute Gasteiger partial charge is 0.328 e. The Morgan fingerprint density at radius 1 is 1.14 bits per heavy atom. The first-order chi connectivity index (χ1) is 10.4. The molecule has 7 nitrogen and oxygen atoms in total. The topological polar surface area (TPSA) is 87.8 Å². The minimum atomic E-state index is -0.303. The first-order valence-corrected chi connectivity index (χ1v) is 7.85. The molecule has 2 N–H and O–H groups in total. The van der Waals surface area contributed by atoms with Gasteiger partial charge in [0, 0.05) is 31.6 Å². The Balaban J connectivity index is 3.08. The van der Waals surface area contributed by atoms with E-state index in [1.165, 1.54) is 4.57 Å². The molecule has 0 radical (unpaired) electrons. The van der Waals surface area contributed by atoms with E-state index in [4.69, 9.17) is 5.73 Å². The van der Waals surface area contributed by atoms with E-state index in [0.717, 1.165) is 5.82 Å². The summed E-state index contributed by atoms with van der Waals surface area (Å²) in [5.41, 5.74) is 6.15. The first-order valence-electron chi connectivity index (χ1n) is 7.85. The van der Waals surface area contributed by atoms with Gasteiger partial charge in [-0.3, -0.25) is 13.9 Å². The number of fused-ring (bicyclic) bond motifs is 1. The maximum absolute atomic E-state index is 12.8. The van der Waals surface area contributed by atoms with Gasteiger partial charge in [0.15, 0.2) is 11.2 Å². The number of hydrogen-bond acceptors (Lipinski definition) is 4. The normalized spacial score (nSPS) is 13.2. The van der Waals surface area contributed by atoms with Crippen LogP contribution in [0.5, 0.6) is 0 Å². The molecule has 0 spiro atoms. The molecule has 22 heavy (non-hydrogen) atoms. The summed E-state index contributed by atoms with van der Waals surface area (Å²) in [5, 5.41) is 0. The molecular formula is C15H25N5O2. The summed E-state index contributed by atoms with van der Waals surface area (Å²) in [7, 11) is 0. The van der Waals surface area contributed by atoms with Crippen molar-refractivity contribution in [1.29, 1.82) is 0 Å². The van der Waals surface area contributed by atoms with Crippen LogP contribution >= 0.6 is 0 Å². The first kappa shape index (κ1) is 16.5. The van der Waals surface area contributed by atoms with Crippen molar-refractivity contribution in [2.24, 2.45) is 5.73 Å². The molecule has 1 atom stereocenters. The largest absolute Gasteiger partial charge is 0.332 e. The van der Waals surface area contributed by atoms with Gasteiger partial charge in [-0.25, -0.2) is 9.78 Å². The van der Waals surface area contributed by atoms with Crippen LogP contribution in [0, 0.1) is 0 Å². The Hall–Kier alpha value is -1.89. The molecule has 122 valence electrons. The standard InChI is InChI=1S/C15H25N5O2/c1-6-11-17-13-12(20(11)10(5)8-16)14(21)18(7-2)15(22)19(13)9(3)4/h9-10H,6-8,16H2,1-5H3. The number of aromatic nitrogens is 4. The van der Waals surface area contributed by atoms with Crippen LogP contribution in [0.1, 0.15) is 52.5 Å². The van der Waals surface area contributed by atoms with Gasteiger partial charge in [-0.1, -0.05) is 6.92 Å². The molecule has 7 heteroatoms. The molecule has 0 aliphatic carbocycles. The van der Waals surface area contributed by atoms with Gasteiger partial charge in [0.05, 0.1) is 0 Å². The van der Waals surface area contributed by atoms with Gasteiger partial charge in [0.25, 0.3) is 5.56 Å². The fourth-order valence-electron chi connectivity index (χ4n) is 2.84. The lowest BCUT2D eigenvalue weighted by Gasteiger charge is -2.17. The third-order valence-electron chi connectivity index (χ3n) is 4.01. The molecule has 2 heterocycles. The minimum absolute atomic E-state index is 0.0453. The van der Waals surface area contributed by atoms with E-state index >= 15 is 0 Å². The average Bonchev–Trinajstić information content (AvgIpc) is 2.85. The van der Waals surface area contributed by atoms with Crippen molar-refractivity contribution < 1.29 is 0 Å². The van der Waals surface area contributed by atoms with E-state index in [1.54, 1.807) is 11.5 Å². The van der Waals surface area contributed by atoms with Crippen molar-refractivity contribution in [2.45, 2.75) is 59.7 Å². The van der Waals surface area contributed by atoms with Crippen LogP contribution in [0.15, 0.2) is 9.59 Å². The van der Waals surface area contributed by atoms with Gasteiger partial charge < -0.3 is 10.3 Å². The summed E-state index contributed by atoms with van der Waals surface area (Å²) in [6, 6.07) is -0.120. The Morgan fingerprint density at radius 3 is 2.23 bits per heavy atom. The highest BCUT2D eigenvalue weighted by Gasteiger charge is 2.23. The number of aryl methyl sites for hydroxylation is 1. The molecule has 0 saturated carbocycles. The lowest BCUT2D eigenvalue weighted by molar-refractivity contribution is 0.525. The van der Waals surface area contributed by atoms with Crippen LogP contribution in [0.4, 0.5) is 0 Å². The number of hydrogen-bond donors (Lipinski definition) is 1. The van der Waals surface area contributed by atoms with Crippen LogP contribution in [-0.2, 0) is 13.0 Å². The van der Waals surface area contributed by atoms with Gasteiger partial charge in [-0.2, -0.15) is 0 Å². The predicted octanol–water partition coefficient (Wildman–Crippen LogP) is 1.04. The third kappa shape index (κ3) is 2.29. The van der Waals surface area contributed by atoms with Crippen molar-refractivity contribution >= 4 is 11.2 Å². The summed E-state index contributed by atoms with van der Waals surface area (Å²) in [4.78, 5) is 29.9. The molecule has 0 fully saturated rings. The second kappa shape index (κ2) is 6.08. The van der Waals surface area contributed by atoms with Gasteiger partial charge >= 0.3 is 5.69 Å². The van der Waals surface area contributed by atoms with E-state index in [0.29, 0.717) is 30.7 Å². The Morgan fingerprint density at radius 2 is 1.77 bits per heavy atom. The van der Waals surface area contributed by atoms with E-state index in [2.05, 4.69) is 4.98 Å². The predicted molar refractivity (Wildman–Crippen MR) is 87.5 cm³/mol. The summed E-state index contributed by atoms with van der Waals surface area (Å²) >= 11 is 0. The van der Waals surface area contributed by atoms with Crippen molar-refractivity contribution in [3.63, 3.8) is 0 Å². The van der Waals surface area contributed by atoms with Crippen LogP contribution in [0.25, 0.3) is 11.2 Å². The Bertz CT molecular complexity index is 797. The molecule has 0 bridgehead atoms. The van der Waals surface area contributed by atoms with Crippen molar-refractivity contribution in [3.05, 3.63) is 26.7 Å². The zero-order valence-electron chi connectivity index (χ0n) is 14.0. The molecule has 0 aromatic carbocycles. The van der Waals surface area contributed by atoms with Gasteiger partial charge in [-0.15, -0.1) is 0 Å². The fraction of sp³-hybridized carbons (Fsp3) is 0.667. The van der Waals surface area contributed by atoms with Crippen LogP contribution in [0.2, 0.25) is 0 Å². The van der Waals surface area contributed by atoms with Crippen LogP contribution in [-0.4, -0.2) is 25.2 Å². The second-order valence-electron chi connectivity index (χ2n) is 5.80. The van der Waals surface area contributed by atoms with Crippen LogP contribution in [0.3, 0.4) is 0 Å². The van der Waals surface area contributed by atoms with Gasteiger partial charge in [0.1, 0.15) is 5.82 Å². The Labute approximate surface area is 129 Å². The summed E-state index contributed by atoms with van der Waals surface area (Å²) in [6.45, 7) is 10.3. The Kier molecular flexibility index (Phi) is 4.55. The molecule has 0 saturated heterocycles. The summed E-state index contributed by atoms with van der Waals surface area (Å²) in [6.07, 6.45) is 0.677. The van der Waals surface area contributed by atoms with E-state index in [-0.39, 0.29) is 23.3 Å². The average molecular weight is 307 g/mol. The molecule has 2 aromatic heterocycles. The van der Waals surface area contributed by atoms with Gasteiger partial charge in [0.2, 0.25) is 0 Å². The molecule has 1 unspecified atom stereocenters. The SMILES string of the molecule is CCc1nc2c(c(=O)n(CC)c(=O)n2C(C)C)n1C(C)CN. The fourth-order valence-corrected chi connectivity index (χ4v) is 2.84. The van der Waals surface area contributed by atoms with Gasteiger partial charge in [-0.05, 0) is 27.7 Å². The molecule has 0 aliphatic heterocycles. The molecule has 2 aromatic rings.